The molecule has 3 aliphatic heterocycles. The summed E-state index contributed by atoms with van der Waals surface area (Å²) < 4.78 is 2.12. The van der Waals surface area contributed by atoms with Crippen LogP contribution in [0, 0.1) is 23.2 Å². The van der Waals surface area contributed by atoms with Crippen LogP contribution in [0.1, 0.15) is 120 Å². The van der Waals surface area contributed by atoms with E-state index in [2.05, 4.69) is 73.8 Å². The highest BCUT2D eigenvalue weighted by molar-refractivity contribution is 6.48. The third-order valence-corrected chi connectivity index (χ3v) is 11.5. The molecule has 0 bridgehead atoms. The van der Waals surface area contributed by atoms with E-state index in [0.717, 1.165) is 75.0 Å². The van der Waals surface area contributed by atoms with Crippen LogP contribution in [-0.4, -0.2) is 63.8 Å². The van der Waals surface area contributed by atoms with E-state index in [1.807, 2.05) is 36.4 Å². The maximum absolute atomic E-state index is 14.9. The lowest BCUT2D eigenvalue weighted by Crippen LogP contribution is -2.51. The highest BCUT2D eigenvalue weighted by Crippen LogP contribution is 2.49. The summed E-state index contributed by atoms with van der Waals surface area (Å²) in [6.45, 7) is 17.6. The number of hydrogen-bond donors (Lipinski definition) is 2. The van der Waals surface area contributed by atoms with Crippen molar-refractivity contribution in [3.8, 4) is 0 Å². The Labute approximate surface area is 307 Å². The normalized spacial score (nSPS) is 22.5. The molecule has 1 fully saturated rings. The first kappa shape index (κ1) is 36.6. The van der Waals surface area contributed by atoms with Gasteiger partial charge in [-0.15, -0.1) is 0 Å². The lowest BCUT2D eigenvalue weighted by molar-refractivity contribution is -0.311. The summed E-state index contributed by atoms with van der Waals surface area (Å²) in [7, 11) is 0. The molecule has 1 saturated carbocycles. The molecule has 2 aromatic rings. The van der Waals surface area contributed by atoms with Crippen molar-refractivity contribution in [1.82, 2.24) is 15.6 Å². The molecule has 3 heterocycles. The Bertz CT molecular complexity index is 1710. The maximum atomic E-state index is 14.9. The molecule has 0 saturated heterocycles. The molecule has 1 spiro atoms. The zero-order valence-corrected chi connectivity index (χ0v) is 32.2. The summed E-state index contributed by atoms with van der Waals surface area (Å²) >= 11 is 13.7. The van der Waals surface area contributed by atoms with Crippen LogP contribution in [0.15, 0.2) is 46.5 Å². The van der Waals surface area contributed by atoms with E-state index in [-0.39, 0.29) is 23.3 Å². The second-order valence-electron chi connectivity index (χ2n) is 16.7. The molecule has 8 nitrogen and oxygen atoms in total. The van der Waals surface area contributed by atoms with Gasteiger partial charge in [-0.2, -0.15) is 0 Å². The third kappa shape index (κ3) is 7.81. The summed E-state index contributed by atoms with van der Waals surface area (Å²) in [6, 6.07) is 11.3. The molecule has 0 radical (unpaired) electrons. The SMILES string of the molecule is CC(C)Cc1c(Cl)cc(C2=NC3(CCC(C(C)C)CC3)N(C(CCC(C)(C)C)c3ccc(C(=O)NCC4=NNCC5=[N+]4C5)cc3)C2=O)cc1Cl. The van der Waals surface area contributed by atoms with Crippen molar-refractivity contribution in [3.05, 3.63) is 68.7 Å². The number of hydrazone groups is 1. The number of nitrogens with one attached hydrogen (secondary N) is 2. The first-order valence-corrected chi connectivity index (χ1v) is 19.1. The van der Waals surface area contributed by atoms with Crippen LogP contribution in [0.25, 0.3) is 0 Å². The molecule has 1 atom stereocenters. The Balaban J connectivity index is 1.32. The predicted molar refractivity (Wildman–Crippen MR) is 204 cm³/mol. The topological polar surface area (TPSA) is 89.2 Å². The number of halogens is 2. The van der Waals surface area contributed by atoms with Crippen LogP contribution in [0.3, 0.4) is 0 Å². The van der Waals surface area contributed by atoms with Crippen molar-refractivity contribution in [2.45, 2.75) is 105 Å². The molecule has 1 aliphatic carbocycles. The van der Waals surface area contributed by atoms with Gasteiger partial charge in [0.1, 0.15) is 36.7 Å². The van der Waals surface area contributed by atoms with Gasteiger partial charge in [0, 0.05) is 26.3 Å². The van der Waals surface area contributed by atoms with Gasteiger partial charge in [-0.3, -0.25) is 14.6 Å². The molecule has 4 aliphatic rings. The van der Waals surface area contributed by atoms with Gasteiger partial charge >= 0.3 is 5.84 Å². The molecule has 2 N–H and O–H groups in total. The minimum absolute atomic E-state index is 0.0614. The van der Waals surface area contributed by atoms with E-state index >= 15 is 0 Å². The van der Waals surface area contributed by atoms with Crippen molar-refractivity contribution >= 4 is 52.3 Å². The quantitative estimate of drug-likeness (QED) is 0.231. The summed E-state index contributed by atoms with van der Waals surface area (Å²) in [6.07, 6.45) is 6.08. The molecule has 6 rings (SSSR count). The zero-order valence-electron chi connectivity index (χ0n) is 30.7. The molecule has 0 aromatic heterocycles. The number of hydrogen-bond acceptors (Lipinski definition) is 5. The van der Waals surface area contributed by atoms with E-state index < -0.39 is 5.66 Å². The summed E-state index contributed by atoms with van der Waals surface area (Å²) in [5.74, 6) is 2.16. The van der Waals surface area contributed by atoms with E-state index in [1.165, 1.54) is 5.71 Å². The Morgan fingerprint density at radius 2 is 1.74 bits per heavy atom. The summed E-state index contributed by atoms with van der Waals surface area (Å²) in [5.41, 5.74) is 7.33. The third-order valence-electron chi connectivity index (χ3n) is 10.9. The molecule has 50 heavy (non-hydrogen) atoms. The second-order valence-corrected chi connectivity index (χ2v) is 17.5. The van der Waals surface area contributed by atoms with Gasteiger partial charge in [-0.1, -0.05) is 83.8 Å². The van der Waals surface area contributed by atoms with Crippen molar-refractivity contribution in [3.63, 3.8) is 0 Å². The Kier molecular flexibility index (Phi) is 10.5. The second kappa shape index (κ2) is 14.4. The molecule has 2 aromatic carbocycles. The minimum Gasteiger partial charge on any atom is -0.340 e. The molecule has 268 valence electrons. The Morgan fingerprint density at radius 1 is 1.08 bits per heavy atom. The smallest absolute Gasteiger partial charge is 0.340 e. The predicted octanol–water partition coefficient (Wildman–Crippen LogP) is 8.05. The Hall–Kier alpha value is -3.23. The number of amidine groups is 1. The van der Waals surface area contributed by atoms with Gasteiger partial charge in [0.15, 0.2) is 0 Å². The largest absolute Gasteiger partial charge is 0.343 e. The molecule has 1 unspecified atom stereocenters. The highest BCUT2D eigenvalue weighted by Gasteiger charge is 2.52. The first-order valence-electron chi connectivity index (χ1n) is 18.4. The van der Waals surface area contributed by atoms with Crippen LogP contribution < -0.4 is 10.7 Å². The van der Waals surface area contributed by atoms with Crippen molar-refractivity contribution in [1.29, 1.82) is 0 Å². The van der Waals surface area contributed by atoms with Crippen LogP contribution in [0.4, 0.5) is 0 Å². The Morgan fingerprint density at radius 3 is 2.34 bits per heavy atom. The van der Waals surface area contributed by atoms with Gasteiger partial charge in [0.2, 0.25) is 0 Å². The standard InChI is InChI=1S/C40H52Cl2N6O2/c1-24(2)18-31-32(41)19-29(20-33(31)42)36-38(50)48(40(45-36)16-12-26(13-17-40)25(3)4)34(14-15-39(5,6)7)27-8-10-28(11-9-27)37(49)43-22-35-46-44-21-30-23-47(30)35/h8-11,19-20,24-26,34,44H,12-18,21-23H2,1-7H3/p+1. The summed E-state index contributed by atoms with van der Waals surface area (Å²) in [4.78, 5) is 35.6. The van der Waals surface area contributed by atoms with E-state index in [4.69, 9.17) is 28.2 Å². The maximum Gasteiger partial charge on any atom is 0.343 e. The van der Waals surface area contributed by atoms with Crippen LogP contribution in [0.5, 0.6) is 0 Å². The lowest BCUT2D eigenvalue weighted by Gasteiger charge is -2.46. The van der Waals surface area contributed by atoms with Gasteiger partial charge in [-0.25, -0.2) is 10.0 Å². The van der Waals surface area contributed by atoms with Crippen LogP contribution >= 0.6 is 23.2 Å². The molecule has 10 heteroatoms. The van der Waals surface area contributed by atoms with Crippen LogP contribution in [0.2, 0.25) is 10.0 Å². The van der Waals surface area contributed by atoms with Gasteiger partial charge in [0.25, 0.3) is 11.8 Å². The number of carbonyl (C=O) groups excluding carboxylic acids is 2. The fraction of sp³-hybridized carbons (Fsp3) is 0.575. The van der Waals surface area contributed by atoms with Crippen molar-refractivity contribution < 1.29 is 14.2 Å². The average Bonchev–Trinajstić information content (AvgIpc) is 3.81. The van der Waals surface area contributed by atoms with Gasteiger partial charge in [-0.05, 0) is 104 Å². The number of amides is 2. The summed E-state index contributed by atoms with van der Waals surface area (Å²) in [5, 5.41) is 8.52. The first-order chi connectivity index (χ1) is 23.7. The van der Waals surface area contributed by atoms with E-state index in [1.54, 1.807) is 0 Å². The average molecular weight is 721 g/mol. The van der Waals surface area contributed by atoms with Crippen molar-refractivity contribution in [2.24, 2.45) is 33.3 Å². The van der Waals surface area contributed by atoms with Crippen molar-refractivity contribution in [2.75, 3.05) is 19.6 Å². The lowest BCUT2D eigenvalue weighted by atomic mass is 9.75. The zero-order chi connectivity index (χ0) is 36.0. The fourth-order valence-corrected chi connectivity index (χ4v) is 8.46. The number of carbonyl (C=O) groups is 2. The molecular formula is C40H53Cl2N6O2+. The van der Waals surface area contributed by atoms with Gasteiger partial charge < -0.3 is 10.2 Å². The monoisotopic (exact) mass is 719 g/mol. The van der Waals surface area contributed by atoms with Gasteiger partial charge in [0.05, 0.1) is 6.04 Å². The van der Waals surface area contributed by atoms with E-state index in [9.17, 15) is 9.59 Å². The van der Waals surface area contributed by atoms with E-state index in [0.29, 0.717) is 51.2 Å². The molecule has 2 amide bonds. The number of benzene rings is 2. The minimum atomic E-state index is -0.658. The number of rotatable bonds is 11. The van der Waals surface area contributed by atoms with Crippen LogP contribution in [-0.2, 0) is 11.2 Å². The molecular weight excluding hydrogens is 667 g/mol. The fourth-order valence-electron chi connectivity index (χ4n) is 7.82. The number of nitrogens with zero attached hydrogens (tertiary/aromatic N) is 4. The number of aliphatic imine (C=N–C) groups is 1. The highest BCUT2D eigenvalue weighted by atomic mass is 35.5.